The number of nitrogens with zero attached hydrogens (tertiary/aromatic N) is 1. The molecule has 2 aromatic rings. The van der Waals surface area contributed by atoms with Gasteiger partial charge in [-0.2, -0.15) is 0 Å². The highest BCUT2D eigenvalue weighted by atomic mass is 32.2. The van der Waals surface area contributed by atoms with E-state index < -0.39 is 15.9 Å². The molecule has 0 fully saturated rings. The average Bonchev–Trinajstić information content (AvgIpc) is 2.70. The fraction of sp³-hybridized carbons (Fsp3) is 0.381. The highest BCUT2D eigenvalue weighted by Crippen LogP contribution is 2.25. The Morgan fingerprint density at radius 1 is 1.14 bits per heavy atom. The number of hydrogen-bond donors (Lipinski definition) is 1. The molecule has 1 atom stereocenters. The Hall–Kier alpha value is -2.74. The lowest BCUT2D eigenvalue weighted by Crippen LogP contribution is -2.41. The maximum atomic E-state index is 12.6. The zero-order valence-electron chi connectivity index (χ0n) is 17.2. The van der Waals surface area contributed by atoms with Gasteiger partial charge in [0.15, 0.2) is 0 Å². The number of anilines is 1. The summed E-state index contributed by atoms with van der Waals surface area (Å²) in [5.74, 6) is 0.890. The van der Waals surface area contributed by atoms with Crippen molar-refractivity contribution in [2.45, 2.75) is 26.3 Å². The van der Waals surface area contributed by atoms with Gasteiger partial charge in [0.2, 0.25) is 15.9 Å². The molecule has 1 amide bonds. The molecule has 1 unspecified atom stereocenters. The highest BCUT2D eigenvalue weighted by Gasteiger charge is 2.22. The maximum Gasteiger partial charge on any atom is 0.241 e. The van der Waals surface area contributed by atoms with Gasteiger partial charge in [0.1, 0.15) is 18.0 Å². The highest BCUT2D eigenvalue weighted by molar-refractivity contribution is 7.92. The third kappa shape index (κ3) is 6.39. The predicted octanol–water partition coefficient (Wildman–Crippen LogP) is 3.13. The van der Waals surface area contributed by atoms with E-state index in [0.29, 0.717) is 23.8 Å². The molecule has 0 bridgehead atoms. The van der Waals surface area contributed by atoms with Crippen molar-refractivity contribution < 1.29 is 22.7 Å². The summed E-state index contributed by atoms with van der Waals surface area (Å²) in [4.78, 5) is 12.6. The molecular weight excluding hydrogens is 392 g/mol. The van der Waals surface area contributed by atoms with Gasteiger partial charge in [-0.15, -0.1) is 0 Å². The van der Waals surface area contributed by atoms with Crippen molar-refractivity contribution in [2.24, 2.45) is 0 Å². The van der Waals surface area contributed by atoms with Gasteiger partial charge in [-0.05, 0) is 43.7 Å². The van der Waals surface area contributed by atoms with Crippen LogP contribution in [-0.2, 0) is 14.8 Å². The van der Waals surface area contributed by atoms with Crippen molar-refractivity contribution in [1.29, 1.82) is 0 Å². The Bertz CT molecular complexity index is 913. The number of methoxy groups -OCH3 is 1. The molecule has 0 aliphatic carbocycles. The smallest absolute Gasteiger partial charge is 0.241 e. The maximum absolute atomic E-state index is 12.6. The first-order valence-electron chi connectivity index (χ1n) is 9.39. The van der Waals surface area contributed by atoms with Crippen LogP contribution in [0.5, 0.6) is 11.5 Å². The van der Waals surface area contributed by atoms with Crippen molar-refractivity contribution in [3.63, 3.8) is 0 Å². The second-order valence-corrected chi connectivity index (χ2v) is 8.55. The van der Waals surface area contributed by atoms with E-state index in [2.05, 4.69) is 5.32 Å². The van der Waals surface area contributed by atoms with Crippen molar-refractivity contribution in [3.05, 3.63) is 54.1 Å². The lowest BCUT2D eigenvalue weighted by molar-refractivity contribution is -0.120. The first kappa shape index (κ1) is 22.5. The number of benzene rings is 2. The van der Waals surface area contributed by atoms with Gasteiger partial charge >= 0.3 is 0 Å². The van der Waals surface area contributed by atoms with E-state index in [4.69, 9.17) is 9.47 Å². The van der Waals surface area contributed by atoms with Crippen LogP contribution in [0.25, 0.3) is 0 Å². The molecule has 2 aromatic carbocycles. The van der Waals surface area contributed by atoms with Gasteiger partial charge in [0.25, 0.3) is 0 Å². The molecule has 2 rings (SSSR count). The van der Waals surface area contributed by atoms with Crippen molar-refractivity contribution in [1.82, 2.24) is 5.32 Å². The Morgan fingerprint density at radius 3 is 2.38 bits per heavy atom. The summed E-state index contributed by atoms with van der Waals surface area (Å²) >= 11 is 0. The van der Waals surface area contributed by atoms with Gasteiger partial charge in [-0.3, -0.25) is 9.10 Å². The zero-order valence-corrected chi connectivity index (χ0v) is 18.0. The summed E-state index contributed by atoms with van der Waals surface area (Å²) < 4.78 is 36.5. The summed E-state index contributed by atoms with van der Waals surface area (Å²) in [7, 11) is -2.09. The molecule has 29 heavy (non-hydrogen) atoms. The molecule has 0 spiro atoms. The summed E-state index contributed by atoms with van der Waals surface area (Å²) in [6, 6.07) is 13.7. The first-order valence-corrected chi connectivity index (χ1v) is 11.2. The van der Waals surface area contributed by atoms with E-state index in [0.717, 1.165) is 22.5 Å². The number of amides is 1. The van der Waals surface area contributed by atoms with Crippen molar-refractivity contribution in [3.8, 4) is 11.5 Å². The lowest BCUT2D eigenvalue weighted by atomic mass is 10.1. The first-order chi connectivity index (χ1) is 13.8. The molecule has 0 heterocycles. The number of hydrogen-bond acceptors (Lipinski definition) is 5. The summed E-state index contributed by atoms with van der Waals surface area (Å²) in [6.07, 6.45) is 1.95. The van der Waals surface area contributed by atoms with Gasteiger partial charge in [0.05, 0.1) is 31.7 Å². The van der Waals surface area contributed by atoms with E-state index in [9.17, 15) is 13.2 Å². The normalized spacial score (nSPS) is 12.1. The Balaban J connectivity index is 2.13. The quantitative estimate of drug-likeness (QED) is 0.638. The predicted molar refractivity (Wildman–Crippen MR) is 114 cm³/mol. The van der Waals surface area contributed by atoms with E-state index in [-0.39, 0.29) is 12.6 Å². The van der Waals surface area contributed by atoms with Gasteiger partial charge < -0.3 is 14.8 Å². The monoisotopic (exact) mass is 420 g/mol. The Morgan fingerprint density at radius 2 is 1.79 bits per heavy atom. The number of nitrogens with one attached hydrogen (secondary N) is 1. The molecule has 1 N–H and O–H groups in total. The third-order valence-corrected chi connectivity index (χ3v) is 5.41. The number of carbonyl (C=O) groups is 1. The molecule has 0 saturated heterocycles. The number of sulfonamides is 1. The minimum atomic E-state index is -3.65. The minimum Gasteiger partial charge on any atom is -0.496 e. The summed E-state index contributed by atoms with van der Waals surface area (Å²) in [5.41, 5.74) is 1.21. The number of ether oxygens (including phenoxy) is 2. The summed E-state index contributed by atoms with van der Waals surface area (Å²) in [6.45, 7) is 4.08. The van der Waals surface area contributed by atoms with Crippen LogP contribution in [0.2, 0.25) is 0 Å². The number of rotatable bonds is 10. The summed E-state index contributed by atoms with van der Waals surface area (Å²) in [5, 5.41) is 2.83. The largest absolute Gasteiger partial charge is 0.496 e. The molecule has 158 valence electrons. The lowest BCUT2D eigenvalue weighted by Gasteiger charge is -2.24. The molecule has 0 radical (unpaired) electrons. The van der Waals surface area contributed by atoms with E-state index >= 15 is 0 Å². The van der Waals surface area contributed by atoms with Gasteiger partial charge in [-0.25, -0.2) is 8.42 Å². The van der Waals surface area contributed by atoms with E-state index in [1.807, 2.05) is 38.1 Å². The van der Waals surface area contributed by atoms with Crippen molar-refractivity contribution >= 4 is 21.6 Å². The van der Waals surface area contributed by atoms with Crippen LogP contribution in [0, 0.1) is 0 Å². The third-order valence-electron chi connectivity index (χ3n) is 4.27. The number of para-hydroxylation sites is 1. The topological polar surface area (TPSA) is 84.9 Å². The van der Waals surface area contributed by atoms with Gasteiger partial charge in [0, 0.05) is 5.56 Å². The molecule has 0 aliphatic rings. The molecule has 0 aliphatic heterocycles. The average molecular weight is 421 g/mol. The minimum absolute atomic E-state index is 0.326. The standard InChI is InChI=1S/C21H28N2O5S/c1-5-14-28-18-12-10-17(11-13-18)23(29(4,25)26)15-21(24)22-16(2)19-8-6-7-9-20(19)27-3/h6-13,16H,5,14-15H2,1-4H3,(H,22,24). The van der Waals surface area contributed by atoms with Crippen LogP contribution < -0.4 is 19.1 Å². The molecule has 0 saturated carbocycles. The van der Waals surface area contributed by atoms with Gasteiger partial charge in [-0.1, -0.05) is 25.1 Å². The van der Waals surface area contributed by atoms with E-state index in [1.165, 1.54) is 0 Å². The second kappa shape index (κ2) is 10.2. The van der Waals surface area contributed by atoms with Crippen LogP contribution in [0.1, 0.15) is 31.9 Å². The van der Waals surface area contributed by atoms with Crippen molar-refractivity contribution in [2.75, 3.05) is 30.8 Å². The fourth-order valence-corrected chi connectivity index (χ4v) is 3.70. The number of carbonyl (C=O) groups excluding carboxylic acids is 1. The molecule has 7 nitrogen and oxygen atoms in total. The zero-order chi connectivity index (χ0) is 21.4. The SMILES string of the molecule is CCCOc1ccc(N(CC(=O)NC(C)c2ccccc2OC)S(C)(=O)=O)cc1. The van der Waals surface area contributed by atoms with Crippen LogP contribution >= 0.6 is 0 Å². The molecule has 8 heteroatoms. The second-order valence-electron chi connectivity index (χ2n) is 6.64. The molecule has 0 aromatic heterocycles. The Labute approximate surface area is 172 Å². The molecular formula is C21H28N2O5S. The fourth-order valence-electron chi connectivity index (χ4n) is 2.85. The van der Waals surface area contributed by atoms with E-state index in [1.54, 1.807) is 31.4 Å². The van der Waals surface area contributed by atoms with Crippen LogP contribution in [-0.4, -0.2) is 40.8 Å². The van der Waals surface area contributed by atoms with Crippen LogP contribution in [0.15, 0.2) is 48.5 Å². The Kier molecular flexibility index (Phi) is 7.90. The van der Waals surface area contributed by atoms with Crippen LogP contribution in [0.3, 0.4) is 0 Å². The van der Waals surface area contributed by atoms with Crippen LogP contribution in [0.4, 0.5) is 5.69 Å².